The Kier molecular flexibility index (Phi) is 4.53. The van der Waals surface area contributed by atoms with Crippen molar-refractivity contribution in [2.45, 2.75) is 12.5 Å². The molecule has 9 nitrogen and oxygen atoms in total. The van der Waals surface area contributed by atoms with Gasteiger partial charge in [-0.05, 0) is 6.92 Å². The molecule has 1 atom stereocenters. The van der Waals surface area contributed by atoms with E-state index in [9.17, 15) is 5.11 Å². The summed E-state index contributed by atoms with van der Waals surface area (Å²) in [5.41, 5.74) is 4.42. The lowest BCUT2D eigenvalue weighted by Gasteiger charge is -2.27. The fourth-order valence-electron chi connectivity index (χ4n) is 1.69. The minimum absolute atomic E-state index is 0.104. The van der Waals surface area contributed by atoms with Gasteiger partial charge in [0.1, 0.15) is 5.60 Å². The maximum Gasteiger partial charge on any atom is 0.232 e. The van der Waals surface area contributed by atoms with Crippen LogP contribution < -0.4 is 16.0 Å². The molecule has 1 unspecified atom stereocenters. The van der Waals surface area contributed by atoms with Crippen LogP contribution in [-0.4, -0.2) is 70.2 Å². The van der Waals surface area contributed by atoms with Crippen LogP contribution >= 0.6 is 0 Å². The molecular formula is C11H20N6O3. The molecule has 2 heterocycles. The number of nitrogens with zero attached hydrogens (tertiary/aromatic N) is 4. The van der Waals surface area contributed by atoms with Crippen molar-refractivity contribution in [3.63, 3.8) is 0 Å². The summed E-state index contributed by atoms with van der Waals surface area (Å²) in [6.07, 6.45) is 0. The third kappa shape index (κ3) is 3.89. The summed E-state index contributed by atoms with van der Waals surface area (Å²) in [4.78, 5) is 14.3. The van der Waals surface area contributed by atoms with E-state index in [1.54, 1.807) is 0 Å². The van der Waals surface area contributed by atoms with Crippen LogP contribution in [-0.2, 0) is 4.74 Å². The van der Waals surface area contributed by atoms with E-state index in [2.05, 4.69) is 20.3 Å². The molecule has 0 amide bonds. The lowest BCUT2D eigenvalue weighted by Crippen LogP contribution is -2.39. The van der Waals surface area contributed by atoms with E-state index >= 15 is 0 Å². The van der Waals surface area contributed by atoms with Crippen LogP contribution in [0.3, 0.4) is 0 Å². The van der Waals surface area contributed by atoms with Gasteiger partial charge in [0, 0.05) is 19.6 Å². The smallest absolute Gasteiger partial charge is 0.232 e. The summed E-state index contributed by atoms with van der Waals surface area (Å²) in [5.74, 6) is 0.854. The molecule has 0 saturated carbocycles. The maximum absolute atomic E-state index is 9.73. The first kappa shape index (κ1) is 14.7. The van der Waals surface area contributed by atoms with Crippen LogP contribution in [0, 0.1) is 0 Å². The number of ether oxygens (including phenoxy) is 1. The molecule has 9 heteroatoms. The number of aliphatic hydroxyl groups is 2. The molecule has 0 aromatic carbocycles. The molecule has 112 valence electrons. The molecule has 1 fully saturated rings. The van der Waals surface area contributed by atoms with Crippen LogP contribution in [0.1, 0.15) is 6.92 Å². The predicted octanol–water partition coefficient (Wildman–Crippen LogP) is -1.55. The summed E-state index contributed by atoms with van der Waals surface area (Å²) >= 11 is 0. The second-order valence-corrected chi connectivity index (χ2v) is 4.93. The Bertz CT molecular complexity index is 450. The second kappa shape index (κ2) is 6.16. The standard InChI is InChI=1S/C11H20N6O3/c1-11(19,7-18)6-13-9-14-8(12)15-10(16-9)17-2-4-20-5-3-17/h18-19H,2-7H2,1H3,(H3,12,13,14,15,16). The van der Waals surface area contributed by atoms with E-state index in [1.807, 2.05) is 4.90 Å². The Morgan fingerprint density at radius 2 is 2.05 bits per heavy atom. The number of aliphatic hydroxyl groups excluding tert-OH is 1. The van der Waals surface area contributed by atoms with Crippen molar-refractivity contribution in [1.29, 1.82) is 0 Å². The number of anilines is 3. The van der Waals surface area contributed by atoms with E-state index in [0.717, 1.165) is 0 Å². The summed E-state index contributed by atoms with van der Waals surface area (Å²) < 4.78 is 5.27. The van der Waals surface area contributed by atoms with E-state index in [4.69, 9.17) is 15.6 Å². The number of aromatic nitrogens is 3. The summed E-state index contributed by atoms with van der Waals surface area (Å²) in [6.45, 7) is 3.87. The molecule has 1 aromatic rings. The monoisotopic (exact) mass is 284 g/mol. The van der Waals surface area contributed by atoms with Gasteiger partial charge >= 0.3 is 0 Å². The largest absolute Gasteiger partial charge is 0.393 e. The molecular weight excluding hydrogens is 264 g/mol. The number of morpholine rings is 1. The van der Waals surface area contributed by atoms with Crippen molar-refractivity contribution in [1.82, 2.24) is 15.0 Å². The number of nitrogen functional groups attached to an aromatic ring is 1. The van der Waals surface area contributed by atoms with Gasteiger partial charge in [-0.25, -0.2) is 0 Å². The minimum Gasteiger partial charge on any atom is -0.393 e. The van der Waals surface area contributed by atoms with Crippen molar-refractivity contribution in [2.75, 3.05) is 55.4 Å². The van der Waals surface area contributed by atoms with Crippen molar-refractivity contribution in [2.24, 2.45) is 0 Å². The van der Waals surface area contributed by atoms with E-state index in [-0.39, 0.29) is 25.0 Å². The molecule has 0 aliphatic carbocycles. The number of nitrogens with one attached hydrogen (secondary N) is 1. The van der Waals surface area contributed by atoms with E-state index in [0.29, 0.717) is 32.3 Å². The topological polar surface area (TPSA) is 130 Å². The van der Waals surface area contributed by atoms with Crippen molar-refractivity contribution in [3.05, 3.63) is 0 Å². The molecule has 0 radical (unpaired) electrons. The Morgan fingerprint density at radius 1 is 1.35 bits per heavy atom. The lowest BCUT2D eigenvalue weighted by molar-refractivity contribution is 0.0131. The molecule has 20 heavy (non-hydrogen) atoms. The third-order valence-corrected chi connectivity index (χ3v) is 2.90. The zero-order valence-corrected chi connectivity index (χ0v) is 11.4. The van der Waals surface area contributed by atoms with Gasteiger partial charge in [-0.15, -0.1) is 0 Å². The first-order valence-corrected chi connectivity index (χ1v) is 6.41. The van der Waals surface area contributed by atoms with Gasteiger partial charge < -0.3 is 30.9 Å². The minimum atomic E-state index is -1.25. The number of nitrogens with two attached hydrogens (primary N) is 1. The number of hydrogen-bond donors (Lipinski definition) is 4. The highest BCUT2D eigenvalue weighted by Crippen LogP contribution is 2.14. The zero-order chi connectivity index (χ0) is 14.6. The lowest BCUT2D eigenvalue weighted by atomic mass is 10.1. The summed E-state index contributed by atoms with van der Waals surface area (Å²) in [6, 6.07) is 0. The molecule has 1 aliphatic heterocycles. The first-order chi connectivity index (χ1) is 9.50. The normalized spacial score (nSPS) is 18.6. The van der Waals surface area contributed by atoms with Crippen molar-refractivity contribution >= 4 is 17.8 Å². The zero-order valence-electron chi connectivity index (χ0n) is 11.4. The van der Waals surface area contributed by atoms with Gasteiger partial charge in [0.05, 0.1) is 19.8 Å². The Morgan fingerprint density at radius 3 is 2.70 bits per heavy atom. The van der Waals surface area contributed by atoms with Gasteiger partial charge in [-0.2, -0.15) is 15.0 Å². The van der Waals surface area contributed by atoms with Crippen LogP contribution in [0.5, 0.6) is 0 Å². The highest BCUT2D eigenvalue weighted by molar-refractivity contribution is 5.42. The van der Waals surface area contributed by atoms with Gasteiger partial charge in [0.15, 0.2) is 0 Å². The SMILES string of the molecule is CC(O)(CO)CNc1nc(N)nc(N2CCOCC2)n1. The highest BCUT2D eigenvalue weighted by atomic mass is 16.5. The van der Waals surface area contributed by atoms with Crippen molar-refractivity contribution in [3.8, 4) is 0 Å². The second-order valence-electron chi connectivity index (χ2n) is 4.93. The van der Waals surface area contributed by atoms with Crippen molar-refractivity contribution < 1.29 is 14.9 Å². The third-order valence-electron chi connectivity index (χ3n) is 2.90. The first-order valence-electron chi connectivity index (χ1n) is 6.41. The van der Waals surface area contributed by atoms with Crippen LogP contribution in [0.25, 0.3) is 0 Å². The average molecular weight is 284 g/mol. The molecule has 0 bridgehead atoms. The summed E-state index contributed by atoms with van der Waals surface area (Å²) in [5, 5.41) is 21.6. The van der Waals surface area contributed by atoms with Gasteiger partial charge in [0.2, 0.25) is 17.8 Å². The van der Waals surface area contributed by atoms with Gasteiger partial charge in [0.25, 0.3) is 0 Å². The van der Waals surface area contributed by atoms with Gasteiger partial charge in [-0.1, -0.05) is 0 Å². The number of hydrogen-bond acceptors (Lipinski definition) is 9. The molecule has 2 rings (SSSR count). The molecule has 1 aromatic heterocycles. The quantitative estimate of drug-likeness (QED) is 0.507. The number of rotatable bonds is 5. The van der Waals surface area contributed by atoms with Gasteiger partial charge in [-0.3, -0.25) is 0 Å². The molecule has 5 N–H and O–H groups in total. The maximum atomic E-state index is 9.73. The van der Waals surface area contributed by atoms with E-state index < -0.39 is 5.60 Å². The Hall–Kier alpha value is -1.71. The Labute approximate surface area is 116 Å². The molecule has 0 spiro atoms. The predicted molar refractivity (Wildman–Crippen MR) is 73.5 cm³/mol. The fourth-order valence-corrected chi connectivity index (χ4v) is 1.69. The average Bonchev–Trinajstić information content (AvgIpc) is 2.46. The van der Waals surface area contributed by atoms with Crippen LogP contribution in [0.15, 0.2) is 0 Å². The molecule has 1 saturated heterocycles. The highest BCUT2D eigenvalue weighted by Gasteiger charge is 2.20. The van der Waals surface area contributed by atoms with Crippen LogP contribution in [0.2, 0.25) is 0 Å². The van der Waals surface area contributed by atoms with Crippen LogP contribution in [0.4, 0.5) is 17.8 Å². The van der Waals surface area contributed by atoms with E-state index in [1.165, 1.54) is 6.92 Å². The Balaban J connectivity index is 2.08. The summed E-state index contributed by atoms with van der Waals surface area (Å²) in [7, 11) is 0. The fraction of sp³-hybridized carbons (Fsp3) is 0.727. The molecule has 1 aliphatic rings.